The maximum absolute atomic E-state index is 12.0. The van der Waals surface area contributed by atoms with Gasteiger partial charge in [-0.15, -0.1) is 11.3 Å². The summed E-state index contributed by atoms with van der Waals surface area (Å²) in [5, 5.41) is 2.25. The Bertz CT molecular complexity index is 509. The van der Waals surface area contributed by atoms with Gasteiger partial charge in [-0.05, 0) is 26.0 Å². The van der Waals surface area contributed by atoms with Gasteiger partial charge in [-0.1, -0.05) is 0 Å². The van der Waals surface area contributed by atoms with Crippen LogP contribution in [0.25, 0.3) is 0 Å². The number of rotatable bonds is 3. The summed E-state index contributed by atoms with van der Waals surface area (Å²) in [5.74, 6) is -0.753. The molecule has 1 aliphatic rings. The van der Waals surface area contributed by atoms with Crippen molar-refractivity contribution in [2.24, 2.45) is 0 Å². The molecule has 96 valence electrons. The Morgan fingerprint density at radius 1 is 1.50 bits per heavy atom. The van der Waals surface area contributed by atoms with Gasteiger partial charge in [-0.2, -0.15) is 0 Å². The van der Waals surface area contributed by atoms with Crippen LogP contribution < -0.4 is 5.32 Å². The molecule has 18 heavy (non-hydrogen) atoms. The molecule has 1 atom stereocenters. The number of carbonyl (C=O) groups is 3. The van der Waals surface area contributed by atoms with Crippen LogP contribution in [0.4, 0.5) is 0 Å². The summed E-state index contributed by atoms with van der Waals surface area (Å²) >= 11 is 1.43. The van der Waals surface area contributed by atoms with E-state index in [2.05, 4.69) is 5.32 Å². The molecule has 1 aromatic rings. The summed E-state index contributed by atoms with van der Waals surface area (Å²) in [6.45, 7) is 3.81. The van der Waals surface area contributed by atoms with Crippen molar-refractivity contribution in [3.63, 3.8) is 0 Å². The van der Waals surface area contributed by atoms with Gasteiger partial charge in [-0.3, -0.25) is 24.6 Å². The van der Waals surface area contributed by atoms with E-state index in [-0.39, 0.29) is 30.7 Å². The molecular weight excluding hydrogens is 252 g/mol. The van der Waals surface area contributed by atoms with Gasteiger partial charge in [0.1, 0.15) is 0 Å². The van der Waals surface area contributed by atoms with E-state index in [0.717, 1.165) is 4.88 Å². The number of amides is 2. The maximum Gasteiger partial charge on any atom is 0.243 e. The summed E-state index contributed by atoms with van der Waals surface area (Å²) in [5.41, 5.74) is 0. The van der Waals surface area contributed by atoms with Crippen LogP contribution in [-0.4, -0.2) is 41.6 Å². The molecule has 0 aliphatic carbocycles. The largest absolute Gasteiger partial charge is 0.294 e. The third-order valence-corrected chi connectivity index (χ3v) is 3.94. The fourth-order valence-electron chi connectivity index (χ4n) is 1.81. The molecule has 2 heterocycles. The monoisotopic (exact) mass is 266 g/mol. The number of nitrogens with one attached hydrogen (secondary N) is 1. The minimum Gasteiger partial charge on any atom is -0.294 e. The van der Waals surface area contributed by atoms with E-state index in [1.807, 2.05) is 13.0 Å². The minimum atomic E-state index is -0.451. The highest BCUT2D eigenvalue weighted by molar-refractivity contribution is 7.14. The standard InChI is InChI=1S/C12H14N2O3S/c1-7-3-4-10(18-7)9(15)5-14-6-11(16)13-12(17)8(14)2/h3-4,8H,5-6H2,1-2H3,(H,13,16,17). The lowest BCUT2D eigenvalue weighted by Gasteiger charge is -2.30. The second-order valence-corrected chi connectivity index (χ2v) is 5.61. The molecule has 2 rings (SSSR count). The predicted octanol–water partition coefficient (Wildman–Crippen LogP) is 0.586. The Morgan fingerprint density at radius 2 is 2.22 bits per heavy atom. The van der Waals surface area contributed by atoms with Gasteiger partial charge < -0.3 is 0 Å². The molecule has 1 saturated heterocycles. The van der Waals surface area contributed by atoms with Crippen molar-refractivity contribution >= 4 is 28.9 Å². The van der Waals surface area contributed by atoms with E-state index in [1.165, 1.54) is 11.3 Å². The first-order chi connectivity index (χ1) is 8.47. The summed E-state index contributed by atoms with van der Waals surface area (Å²) in [7, 11) is 0. The van der Waals surface area contributed by atoms with Gasteiger partial charge in [0.05, 0.1) is 24.0 Å². The van der Waals surface area contributed by atoms with E-state index in [1.54, 1.807) is 17.9 Å². The molecule has 0 bridgehead atoms. The van der Waals surface area contributed by atoms with Crippen molar-refractivity contribution in [2.75, 3.05) is 13.1 Å². The smallest absolute Gasteiger partial charge is 0.243 e. The van der Waals surface area contributed by atoms with Crippen molar-refractivity contribution in [1.29, 1.82) is 0 Å². The van der Waals surface area contributed by atoms with E-state index in [4.69, 9.17) is 0 Å². The van der Waals surface area contributed by atoms with Crippen LogP contribution in [0.3, 0.4) is 0 Å². The number of piperazine rings is 1. The zero-order valence-electron chi connectivity index (χ0n) is 10.2. The third-order valence-electron chi connectivity index (χ3n) is 2.90. The molecule has 1 N–H and O–H groups in total. The van der Waals surface area contributed by atoms with Crippen molar-refractivity contribution < 1.29 is 14.4 Å². The lowest BCUT2D eigenvalue weighted by atomic mass is 10.2. The lowest BCUT2D eigenvalue weighted by molar-refractivity contribution is -0.139. The molecule has 1 unspecified atom stereocenters. The first kappa shape index (κ1) is 12.9. The molecule has 2 amide bonds. The number of ketones is 1. The van der Waals surface area contributed by atoms with E-state index in [0.29, 0.717) is 4.88 Å². The Labute approximate surface area is 109 Å². The molecule has 0 saturated carbocycles. The quantitative estimate of drug-likeness (QED) is 0.642. The average Bonchev–Trinajstić information content (AvgIpc) is 2.72. The number of hydrogen-bond donors (Lipinski definition) is 1. The van der Waals surface area contributed by atoms with Gasteiger partial charge >= 0.3 is 0 Å². The van der Waals surface area contributed by atoms with E-state index >= 15 is 0 Å². The SMILES string of the molecule is Cc1ccc(C(=O)CN2CC(=O)NC(=O)C2C)s1. The molecular formula is C12H14N2O3S. The van der Waals surface area contributed by atoms with Crippen LogP contribution in [0.1, 0.15) is 21.5 Å². The first-order valence-electron chi connectivity index (χ1n) is 5.65. The van der Waals surface area contributed by atoms with Gasteiger partial charge in [-0.25, -0.2) is 0 Å². The highest BCUT2D eigenvalue weighted by atomic mass is 32.1. The molecule has 1 aliphatic heterocycles. The van der Waals surface area contributed by atoms with Gasteiger partial charge in [0.25, 0.3) is 0 Å². The Morgan fingerprint density at radius 3 is 2.83 bits per heavy atom. The minimum absolute atomic E-state index is 0.0533. The van der Waals surface area contributed by atoms with Gasteiger partial charge in [0.2, 0.25) is 11.8 Å². The summed E-state index contributed by atoms with van der Waals surface area (Å²) in [6, 6.07) is 3.21. The number of Topliss-reactive ketones (excluding diaryl/α,β-unsaturated/α-hetero) is 1. The third kappa shape index (κ3) is 2.65. The summed E-state index contributed by atoms with van der Waals surface area (Å²) in [4.78, 5) is 38.1. The lowest BCUT2D eigenvalue weighted by Crippen LogP contribution is -2.57. The number of aryl methyl sites for hydroxylation is 1. The van der Waals surface area contributed by atoms with Crippen molar-refractivity contribution in [2.45, 2.75) is 19.9 Å². The predicted molar refractivity (Wildman–Crippen MR) is 67.6 cm³/mol. The van der Waals surface area contributed by atoms with Crippen LogP contribution in [-0.2, 0) is 9.59 Å². The number of thiophene rings is 1. The normalized spacial score (nSPS) is 20.9. The summed E-state index contributed by atoms with van der Waals surface area (Å²) in [6.07, 6.45) is 0. The second-order valence-electron chi connectivity index (χ2n) is 4.33. The highest BCUT2D eigenvalue weighted by Crippen LogP contribution is 2.17. The molecule has 1 fully saturated rings. The summed E-state index contributed by atoms with van der Waals surface area (Å²) < 4.78 is 0. The van der Waals surface area contributed by atoms with Crippen LogP contribution in [0, 0.1) is 6.92 Å². The van der Waals surface area contributed by atoms with E-state index < -0.39 is 6.04 Å². The average molecular weight is 266 g/mol. The molecule has 6 heteroatoms. The number of hydrogen-bond acceptors (Lipinski definition) is 5. The molecule has 0 aromatic carbocycles. The van der Waals surface area contributed by atoms with Crippen LogP contribution in [0.2, 0.25) is 0 Å². The zero-order valence-corrected chi connectivity index (χ0v) is 11.0. The van der Waals surface area contributed by atoms with Crippen LogP contribution >= 0.6 is 11.3 Å². The topological polar surface area (TPSA) is 66.5 Å². The fourth-order valence-corrected chi connectivity index (χ4v) is 2.61. The highest BCUT2D eigenvalue weighted by Gasteiger charge is 2.31. The fraction of sp³-hybridized carbons (Fsp3) is 0.417. The molecule has 0 spiro atoms. The van der Waals surface area contributed by atoms with Gasteiger partial charge in [0.15, 0.2) is 5.78 Å². The number of imide groups is 1. The van der Waals surface area contributed by atoms with Crippen LogP contribution in [0.5, 0.6) is 0 Å². The Kier molecular flexibility index (Phi) is 3.58. The van der Waals surface area contributed by atoms with Crippen LogP contribution in [0.15, 0.2) is 12.1 Å². The number of carbonyl (C=O) groups excluding carboxylic acids is 3. The van der Waals surface area contributed by atoms with Crippen molar-refractivity contribution in [3.05, 3.63) is 21.9 Å². The van der Waals surface area contributed by atoms with E-state index in [9.17, 15) is 14.4 Å². The first-order valence-corrected chi connectivity index (χ1v) is 6.46. The Balaban J connectivity index is 2.06. The zero-order chi connectivity index (χ0) is 13.3. The Hall–Kier alpha value is -1.53. The molecule has 0 radical (unpaired) electrons. The molecule has 5 nitrogen and oxygen atoms in total. The molecule has 1 aromatic heterocycles. The maximum atomic E-state index is 12.0. The van der Waals surface area contributed by atoms with Crippen molar-refractivity contribution in [3.8, 4) is 0 Å². The number of nitrogens with zero attached hydrogens (tertiary/aromatic N) is 1. The van der Waals surface area contributed by atoms with Gasteiger partial charge in [0, 0.05) is 4.88 Å². The van der Waals surface area contributed by atoms with Crippen molar-refractivity contribution in [1.82, 2.24) is 10.2 Å². The second kappa shape index (κ2) is 4.99.